The summed E-state index contributed by atoms with van der Waals surface area (Å²) < 4.78 is 5.50. The van der Waals surface area contributed by atoms with E-state index in [1.165, 1.54) is 6.42 Å². The zero-order chi connectivity index (χ0) is 18.1. The molecule has 0 aliphatic carbocycles. The van der Waals surface area contributed by atoms with Crippen molar-refractivity contribution in [3.8, 4) is 0 Å². The standard InChI is InChI=1S/C18H41N5O/c1-8-10-23(11-9-17(19(2)3)20(4)5)18(21(6)7)16-22-12-14-24-15-13-22/h17-18H,8-16H2,1-7H3. The fourth-order valence-electron chi connectivity index (χ4n) is 3.58. The number of likely N-dealkylation sites (N-methyl/N-ethyl adjacent to an activating group) is 1. The lowest BCUT2D eigenvalue weighted by molar-refractivity contribution is -0.00964. The second kappa shape index (κ2) is 11.4. The zero-order valence-electron chi connectivity index (χ0n) is 17.2. The molecule has 1 aliphatic heterocycles. The Morgan fingerprint density at radius 3 is 1.83 bits per heavy atom. The minimum atomic E-state index is 0.466. The summed E-state index contributed by atoms with van der Waals surface area (Å²) in [6.07, 6.45) is 3.30. The van der Waals surface area contributed by atoms with Crippen molar-refractivity contribution in [1.29, 1.82) is 0 Å². The highest BCUT2D eigenvalue weighted by Crippen LogP contribution is 2.12. The smallest absolute Gasteiger partial charge is 0.0748 e. The van der Waals surface area contributed by atoms with Gasteiger partial charge in [-0.2, -0.15) is 0 Å². The van der Waals surface area contributed by atoms with Gasteiger partial charge in [0.15, 0.2) is 0 Å². The fraction of sp³-hybridized carbons (Fsp3) is 1.00. The number of ether oxygens (including phenoxy) is 1. The molecule has 1 saturated heterocycles. The van der Waals surface area contributed by atoms with Gasteiger partial charge in [-0.15, -0.1) is 0 Å². The van der Waals surface area contributed by atoms with Crippen LogP contribution in [0.2, 0.25) is 0 Å². The van der Waals surface area contributed by atoms with E-state index in [0.717, 1.165) is 52.4 Å². The third-order valence-corrected chi connectivity index (χ3v) is 4.92. The zero-order valence-corrected chi connectivity index (χ0v) is 17.2. The summed E-state index contributed by atoms with van der Waals surface area (Å²) in [7, 11) is 13.1. The van der Waals surface area contributed by atoms with Crippen molar-refractivity contribution in [2.75, 3.05) is 88.2 Å². The predicted octanol–water partition coefficient (Wildman–Crippen LogP) is 0.758. The highest BCUT2D eigenvalue weighted by Gasteiger charge is 2.25. The Kier molecular flexibility index (Phi) is 10.3. The van der Waals surface area contributed by atoms with Gasteiger partial charge in [0.1, 0.15) is 0 Å². The van der Waals surface area contributed by atoms with E-state index in [-0.39, 0.29) is 0 Å². The van der Waals surface area contributed by atoms with Gasteiger partial charge < -0.3 is 4.74 Å². The first-order valence-electron chi connectivity index (χ1n) is 9.40. The Hall–Kier alpha value is -0.240. The molecule has 1 fully saturated rings. The van der Waals surface area contributed by atoms with E-state index in [9.17, 15) is 0 Å². The number of nitrogens with zero attached hydrogens (tertiary/aromatic N) is 5. The number of rotatable bonds is 11. The van der Waals surface area contributed by atoms with E-state index in [4.69, 9.17) is 4.74 Å². The van der Waals surface area contributed by atoms with Crippen molar-refractivity contribution in [2.24, 2.45) is 0 Å². The van der Waals surface area contributed by atoms with Gasteiger partial charge >= 0.3 is 0 Å². The molecule has 144 valence electrons. The van der Waals surface area contributed by atoms with Crippen LogP contribution in [0.1, 0.15) is 19.8 Å². The van der Waals surface area contributed by atoms with E-state index in [1.54, 1.807) is 0 Å². The van der Waals surface area contributed by atoms with Crippen LogP contribution in [-0.2, 0) is 4.74 Å². The van der Waals surface area contributed by atoms with E-state index < -0.39 is 0 Å². The maximum atomic E-state index is 5.50. The topological polar surface area (TPSA) is 25.4 Å². The highest BCUT2D eigenvalue weighted by molar-refractivity contribution is 4.77. The third kappa shape index (κ3) is 7.33. The average molecular weight is 344 g/mol. The number of hydrogen-bond donors (Lipinski definition) is 0. The largest absolute Gasteiger partial charge is 0.379 e. The monoisotopic (exact) mass is 343 g/mol. The van der Waals surface area contributed by atoms with Crippen LogP contribution in [0.3, 0.4) is 0 Å². The molecule has 0 amide bonds. The van der Waals surface area contributed by atoms with Crippen LogP contribution in [0.25, 0.3) is 0 Å². The summed E-state index contributed by atoms with van der Waals surface area (Å²) >= 11 is 0. The Balaban J connectivity index is 2.68. The summed E-state index contributed by atoms with van der Waals surface area (Å²) in [6.45, 7) is 9.52. The van der Waals surface area contributed by atoms with Gasteiger partial charge in [0.05, 0.1) is 25.5 Å². The van der Waals surface area contributed by atoms with E-state index in [0.29, 0.717) is 12.3 Å². The van der Waals surface area contributed by atoms with Gasteiger partial charge in [-0.3, -0.25) is 24.5 Å². The molecule has 0 bridgehead atoms. The fourth-order valence-corrected chi connectivity index (χ4v) is 3.58. The number of hydrogen-bond acceptors (Lipinski definition) is 6. The minimum absolute atomic E-state index is 0.466. The van der Waals surface area contributed by atoms with Gasteiger partial charge in [0, 0.05) is 26.2 Å². The molecular weight excluding hydrogens is 302 g/mol. The molecule has 1 rings (SSSR count). The average Bonchev–Trinajstić information content (AvgIpc) is 2.52. The number of morpholine rings is 1. The summed E-state index contributed by atoms with van der Waals surface area (Å²) in [5.41, 5.74) is 0. The molecule has 24 heavy (non-hydrogen) atoms. The maximum Gasteiger partial charge on any atom is 0.0748 e. The minimum Gasteiger partial charge on any atom is -0.379 e. The van der Waals surface area contributed by atoms with Crippen molar-refractivity contribution >= 4 is 0 Å². The lowest BCUT2D eigenvalue weighted by atomic mass is 10.2. The van der Waals surface area contributed by atoms with Crippen LogP contribution < -0.4 is 0 Å². The van der Waals surface area contributed by atoms with Crippen LogP contribution >= 0.6 is 0 Å². The summed E-state index contributed by atoms with van der Waals surface area (Å²) in [6, 6.07) is 0. The molecule has 1 atom stereocenters. The van der Waals surface area contributed by atoms with Gasteiger partial charge in [-0.05, 0) is 61.7 Å². The third-order valence-electron chi connectivity index (χ3n) is 4.92. The molecule has 6 heteroatoms. The lowest BCUT2D eigenvalue weighted by Crippen LogP contribution is -2.55. The van der Waals surface area contributed by atoms with Crippen LogP contribution in [0.5, 0.6) is 0 Å². The molecule has 1 aliphatic rings. The van der Waals surface area contributed by atoms with Crippen molar-refractivity contribution in [3.05, 3.63) is 0 Å². The molecule has 0 spiro atoms. The van der Waals surface area contributed by atoms with Crippen molar-refractivity contribution in [1.82, 2.24) is 24.5 Å². The molecule has 0 aromatic heterocycles. The van der Waals surface area contributed by atoms with Crippen LogP contribution in [0.4, 0.5) is 0 Å². The summed E-state index contributed by atoms with van der Waals surface area (Å²) in [5, 5.41) is 0. The van der Waals surface area contributed by atoms with Crippen LogP contribution in [-0.4, -0.2) is 125 Å². The van der Waals surface area contributed by atoms with Crippen molar-refractivity contribution in [3.63, 3.8) is 0 Å². The molecule has 0 saturated carbocycles. The first kappa shape index (κ1) is 21.8. The van der Waals surface area contributed by atoms with Gasteiger partial charge in [0.2, 0.25) is 0 Å². The normalized spacial score (nSPS) is 18.5. The van der Waals surface area contributed by atoms with Crippen molar-refractivity contribution < 1.29 is 4.74 Å². The van der Waals surface area contributed by atoms with Gasteiger partial charge in [-0.1, -0.05) is 6.92 Å². The van der Waals surface area contributed by atoms with E-state index in [2.05, 4.69) is 73.7 Å². The quantitative estimate of drug-likeness (QED) is 0.514. The first-order chi connectivity index (χ1) is 11.4. The molecule has 0 radical (unpaired) electrons. The Labute approximate surface area is 150 Å². The molecule has 1 unspecified atom stereocenters. The SMILES string of the molecule is CCCN(CCC(N(C)C)N(C)C)C(CN1CCOCC1)N(C)C. The van der Waals surface area contributed by atoms with Crippen molar-refractivity contribution in [2.45, 2.75) is 32.1 Å². The molecule has 1 heterocycles. The first-order valence-corrected chi connectivity index (χ1v) is 9.40. The molecule has 0 aromatic rings. The summed E-state index contributed by atoms with van der Waals surface area (Å²) in [4.78, 5) is 12.2. The second-order valence-electron chi connectivity index (χ2n) is 7.59. The Bertz CT molecular complexity index is 311. The van der Waals surface area contributed by atoms with E-state index >= 15 is 0 Å². The molecule has 0 aromatic carbocycles. The van der Waals surface area contributed by atoms with Crippen LogP contribution in [0.15, 0.2) is 0 Å². The lowest BCUT2D eigenvalue weighted by Gasteiger charge is -2.41. The Morgan fingerprint density at radius 1 is 0.833 bits per heavy atom. The molecule has 6 nitrogen and oxygen atoms in total. The Morgan fingerprint density at radius 2 is 1.38 bits per heavy atom. The second-order valence-corrected chi connectivity index (χ2v) is 7.59. The van der Waals surface area contributed by atoms with E-state index in [1.807, 2.05) is 0 Å². The van der Waals surface area contributed by atoms with Gasteiger partial charge in [0.25, 0.3) is 0 Å². The molecular formula is C18H41N5O. The predicted molar refractivity (Wildman–Crippen MR) is 102 cm³/mol. The van der Waals surface area contributed by atoms with Crippen LogP contribution in [0, 0.1) is 0 Å². The van der Waals surface area contributed by atoms with Gasteiger partial charge in [-0.25, -0.2) is 0 Å². The summed E-state index contributed by atoms with van der Waals surface area (Å²) in [5.74, 6) is 0. The highest BCUT2D eigenvalue weighted by atomic mass is 16.5. The molecule has 0 N–H and O–H groups in total. The maximum absolute atomic E-state index is 5.50.